The van der Waals surface area contributed by atoms with Crippen LogP contribution in [0.4, 0.5) is 0 Å². The van der Waals surface area contributed by atoms with Gasteiger partial charge in [-0.15, -0.1) is 0 Å². The van der Waals surface area contributed by atoms with Crippen LogP contribution in [0.3, 0.4) is 0 Å². The van der Waals surface area contributed by atoms with Crippen molar-refractivity contribution >= 4 is 73.7 Å². The van der Waals surface area contributed by atoms with Crippen LogP contribution in [-0.4, -0.2) is 32.0 Å². The SMILES string of the molecule is CCOC(CCCNC(=O)c1c(I)cc(I)cc1I)OCC. The van der Waals surface area contributed by atoms with Crippen LogP contribution in [0, 0.1) is 10.7 Å². The topological polar surface area (TPSA) is 47.6 Å². The molecular weight excluding hydrogens is 623 g/mol. The maximum atomic E-state index is 12.3. The van der Waals surface area contributed by atoms with Crippen LogP contribution >= 0.6 is 67.8 Å². The molecule has 1 aromatic rings. The van der Waals surface area contributed by atoms with Crippen LogP contribution in [-0.2, 0) is 9.47 Å². The summed E-state index contributed by atoms with van der Waals surface area (Å²) in [7, 11) is 0. The molecule has 7 heteroatoms. The van der Waals surface area contributed by atoms with Crippen molar-refractivity contribution in [3.8, 4) is 0 Å². The molecule has 0 spiro atoms. The highest BCUT2D eigenvalue weighted by molar-refractivity contribution is 14.1. The Bertz CT molecular complexity index is 468. The molecular formula is C15H20I3NO3. The number of halogens is 3. The summed E-state index contributed by atoms with van der Waals surface area (Å²) in [6, 6.07) is 4.02. The van der Waals surface area contributed by atoms with E-state index in [1.807, 2.05) is 26.0 Å². The Balaban J connectivity index is 2.47. The minimum absolute atomic E-state index is 0.0189. The lowest BCUT2D eigenvalue weighted by molar-refractivity contribution is -0.139. The molecule has 0 saturated carbocycles. The second-order valence-corrected chi connectivity index (χ2v) is 8.05. The highest BCUT2D eigenvalue weighted by Gasteiger charge is 2.15. The second kappa shape index (κ2) is 11.4. The van der Waals surface area contributed by atoms with Crippen LogP contribution in [0.2, 0.25) is 0 Å². The molecule has 1 rings (SSSR count). The summed E-state index contributed by atoms with van der Waals surface area (Å²) in [5, 5.41) is 2.98. The number of carbonyl (C=O) groups is 1. The molecule has 124 valence electrons. The largest absolute Gasteiger partial charge is 0.353 e. The Morgan fingerprint density at radius 1 is 1.14 bits per heavy atom. The number of nitrogens with one attached hydrogen (secondary N) is 1. The van der Waals surface area contributed by atoms with Gasteiger partial charge in [0.05, 0.1) is 5.56 Å². The Hall–Kier alpha value is 0.800. The van der Waals surface area contributed by atoms with Crippen molar-refractivity contribution in [2.24, 2.45) is 0 Å². The Labute approximate surface area is 172 Å². The molecule has 0 unspecified atom stereocenters. The van der Waals surface area contributed by atoms with Gasteiger partial charge in [-0.25, -0.2) is 0 Å². The van der Waals surface area contributed by atoms with Crippen molar-refractivity contribution in [2.45, 2.75) is 33.0 Å². The molecule has 4 nitrogen and oxygen atoms in total. The fourth-order valence-corrected chi connectivity index (χ4v) is 5.98. The van der Waals surface area contributed by atoms with Gasteiger partial charge >= 0.3 is 0 Å². The van der Waals surface area contributed by atoms with Crippen molar-refractivity contribution < 1.29 is 14.3 Å². The number of benzene rings is 1. The molecule has 1 N–H and O–H groups in total. The number of carbonyl (C=O) groups excluding carboxylic acids is 1. The van der Waals surface area contributed by atoms with E-state index < -0.39 is 0 Å². The van der Waals surface area contributed by atoms with Gasteiger partial charge in [0.2, 0.25) is 0 Å². The molecule has 0 aromatic heterocycles. The van der Waals surface area contributed by atoms with E-state index in [0.29, 0.717) is 19.8 Å². The first kappa shape index (κ1) is 20.8. The number of rotatable bonds is 9. The predicted molar refractivity (Wildman–Crippen MR) is 113 cm³/mol. The third-order valence-electron chi connectivity index (χ3n) is 2.84. The van der Waals surface area contributed by atoms with Gasteiger partial charge < -0.3 is 14.8 Å². The first-order valence-electron chi connectivity index (χ1n) is 7.15. The van der Waals surface area contributed by atoms with Crippen LogP contribution < -0.4 is 5.32 Å². The predicted octanol–water partition coefficient (Wildman–Crippen LogP) is 4.41. The minimum Gasteiger partial charge on any atom is -0.353 e. The lowest BCUT2D eigenvalue weighted by Crippen LogP contribution is -2.27. The van der Waals surface area contributed by atoms with Crippen molar-refractivity contribution in [1.29, 1.82) is 0 Å². The first-order valence-corrected chi connectivity index (χ1v) is 10.4. The maximum absolute atomic E-state index is 12.3. The summed E-state index contributed by atoms with van der Waals surface area (Å²) in [6.07, 6.45) is 1.43. The van der Waals surface area contributed by atoms with E-state index in [9.17, 15) is 4.79 Å². The lowest BCUT2D eigenvalue weighted by atomic mass is 10.2. The Morgan fingerprint density at radius 2 is 1.68 bits per heavy atom. The van der Waals surface area contributed by atoms with E-state index in [-0.39, 0.29) is 12.2 Å². The molecule has 0 heterocycles. The molecule has 0 atom stereocenters. The Morgan fingerprint density at radius 3 is 2.18 bits per heavy atom. The zero-order valence-corrected chi connectivity index (χ0v) is 19.1. The van der Waals surface area contributed by atoms with Gasteiger partial charge in [0.1, 0.15) is 0 Å². The lowest BCUT2D eigenvalue weighted by Gasteiger charge is -2.17. The zero-order valence-electron chi connectivity index (χ0n) is 12.6. The summed E-state index contributed by atoms with van der Waals surface area (Å²) in [6.45, 7) is 5.79. The van der Waals surface area contributed by atoms with Gasteiger partial charge in [0, 0.05) is 36.9 Å². The standard InChI is InChI=1S/C15H20I3NO3/c1-3-21-13(22-4-2)6-5-7-19-15(20)14-11(17)8-10(16)9-12(14)18/h8-9,13H,3-7H2,1-2H3,(H,19,20). The van der Waals surface area contributed by atoms with E-state index in [1.165, 1.54) is 0 Å². The van der Waals surface area contributed by atoms with Crippen LogP contribution in [0.15, 0.2) is 12.1 Å². The van der Waals surface area contributed by atoms with E-state index >= 15 is 0 Å². The van der Waals surface area contributed by atoms with Gasteiger partial charge in [-0.1, -0.05) is 0 Å². The van der Waals surface area contributed by atoms with Crippen LogP contribution in [0.5, 0.6) is 0 Å². The summed E-state index contributed by atoms with van der Waals surface area (Å²) in [5.74, 6) is -0.0189. The molecule has 0 bridgehead atoms. The van der Waals surface area contributed by atoms with Crippen molar-refractivity contribution in [3.63, 3.8) is 0 Å². The van der Waals surface area contributed by atoms with Gasteiger partial charge in [0.25, 0.3) is 5.91 Å². The van der Waals surface area contributed by atoms with E-state index in [4.69, 9.17) is 9.47 Å². The van der Waals surface area contributed by atoms with Gasteiger partial charge in [-0.3, -0.25) is 4.79 Å². The minimum atomic E-state index is -0.175. The molecule has 1 amide bonds. The molecule has 0 aliphatic carbocycles. The van der Waals surface area contributed by atoms with Gasteiger partial charge in [-0.2, -0.15) is 0 Å². The summed E-state index contributed by atoms with van der Waals surface area (Å²) in [4.78, 5) is 12.3. The fraction of sp³-hybridized carbons (Fsp3) is 0.533. The second-order valence-electron chi connectivity index (χ2n) is 4.48. The smallest absolute Gasteiger partial charge is 0.253 e. The van der Waals surface area contributed by atoms with Crippen LogP contribution in [0.25, 0.3) is 0 Å². The molecule has 0 saturated heterocycles. The van der Waals surface area contributed by atoms with E-state index in [0.717, 1.165) is 29.1 Å². The average Bonchev–Trinajstić information content (AvgIpc) is 2.42. The van der Waals surface area contributed by atoms with Crippen LogP contribution in [0.1, 0.15) is 37.0 Å². The third-order valence-corrected chi connectivity index (χ3v) is 5.17. The molecule has 22 heavy (non-hydrogen) atoms. The summed E-state index contributed by atoms with van der Waals surface area (Å²) < 4.78 is 14.1. The van der Waals surface area contributed by atoms with Gasteiger partial charge in [-0.05, 0) is 100 Å². The zero-order chi connectivity index (χ0) is 16.5. The Kier molecular flexibility index (Phi) is 10.8. The molecule has 0 aliphatic heterocycles. The molecule has 0 radical (unpaired) electrons. The van der Waals surface area contributed by atoms with Crippen molar-refractivity contribution in [1.82, 2.24) is 5.32 Å². The number of hydrogen-bond donors (Lipinski definition) is 1. The number of ether oxygens (including phenoxy) is 2. The monoisotopic (exact) mass is 643 g/mol. The normalized spacial score (nSPS) is 11.0. The van der Waals surface area contributed by atoms with E-state index in [1.54, 1.807) is 0 Å². The molecule has 1 aromatic carbocycles. The third kappa shape index (κ3) is 7.14. The van der Waals surface area contributed by atoms with E-state index in [2.05, 4.69) is 73.1 Å². The first-order chi connectivity index (χ1) is 10.5. The fourth-order valence-electron chi connectivity index (χ4n) is 1.90. The molecule has 0 aliphatic rings. The molecule has 0 fully saturated rings. The summed E-state index contributed by atoms with van der Waals surface area (Å²) in [5.41, 5.74) is 0.757. The quantitative estimate of drug-likeness (QED) is 0.247. The highest BCUT2D eigenvalue weighted by Crippen LogP contribution is 2.22. The van der Waals surface area contributed by atoms with Gasteiger partial charge in [0.15, 0.2) is 6.29 Å². The van der Waals surface area contributed by atoms with Crippen molar-refractivity contribution in [2.75, 3.05) is 19.8 Å². The van der Waals surface area contributed by atoms with Crippen molar-refractivity contribution in [3.05, 3.63) is 28.4 Å². The average molecular weight is 643 g/mol. The maximum Gasteiger partial charge on any atom is 0.253 e. The highest BCUT2D eigenvalue weighted by atomic mass is 127. The number of amides is 1. The number of hydrogen-bond acceptors (Lipinski definition) is 3. The summed E-state index contributed by atoms with van der Waals surface area (Å²) >= 11 is 6.68.